The van der Waals surface area contributed by atoms with Crippen LogP contribution in [0.3, 0.4) is 0 Å². The number of carboxylic acid groups (broad SMARTS) is 1. The molecule has 4 aromatic rings. The predicted octanol–water partition coefficient (Wildman–Crippen LogP) is 5.74. The average molecular weight is 565 g/mol. The lowest BCUT2D eigenvalue weighted by Gasteiger charge is -2.27. The Kier molecular flexibility index (Phi) is 7.08. The highest BCUT2D eigenvalue weighted by Gasteiger charge is 2.42. The molecule has 0 bridgehead atoms. The van der Waals surface area contributed by atoms with Gasteiger partial charge in [0.05, 0.1) is 17.6 Å². The standard InChI is InChI=1S/C29H23F3N4O5/c1-15(2)23(28(39)40)36-14-18-9-8-17(12-20(18)27(36)38)21-11-10-19(13-33-21)34-25(37)22-24(29(30,31)32)41-26(35-22)16-6-4-3-5-7-16/h3-13,15,23H,14H2,1-2H3,(H,34,37)(H,39,40). The van der Waals surface area contributed by atoms with E-state index in [4.69, 9.17) is 4.42 Å². The van der Waals surface area contributed by atoms with Crippen LogP contribution in [0.4, 0.5) is 18.9 Å². The van der Waals surface area contributed by atoms with E-state index in [0.717, 1.165) is 0 Å². The summed E-state index contributed by atoms with van der Waals surface area (Å²) in [5, 5.41) is 12.0. The molecule has 0 fully saturated rings. The quantitative estimate of drug-likeness (QED) is 0.293. The molecule has 3 heterocycles. The molecule has 41 heavy (non-hydrogen) atoms. The van der Waals surface area contributed by atoms with Gasteiger partial charge in [-0.3, -0.25) is 14.6 Å². The van der Waals surface area contributed by atoms with Crippen LogP contribution in [0, 0.1) is 5.92 Å². The molecule has 5 rings (SSSR count). The molecule has 0 saturated heterocycles. The third-order valence-corrected chi connectivity index (χ3v) is 6.60. The number of carboxylic acids is 1. The van der Waals surface area contributed by atoms with E-state index in [1.54, 1.807) is 50.2 Å². The van der Waals surface area contributed by atoms with Gasteiger partial charge in [-0.1, -0.05) is 44.2 Å². The molecule has 0 saturated carbocycles. The van der Waals surface area contributed by atoms with Crippen LogP contribution < -0.4 is 5.32 Å². The number of alkyl halides is 3. The number of amides is 2. The number of halogens is 3. The van der Waals surface area contributed by atoms with E-state index in [0.29, 0.717) is 22.4 Å². The van der Waals surface area contributed by atoms with Crippen molar-refractivity contribution in [2.75, 3.05) is 5.32 Å². The van der Waals surface area contributed by atoms with Crippen molar-refractivity contribution in [1.82, 2.24) is 14.9 Å². The summed E-state index contributed by atoms with van der Waals surface area (Å²) in [5.41, 5.74) is 1.53. The first kappa shape index (κ1) is 27.6. The van der Waals surface area contributed by atoms with Gasteiger partial charge in [0.15, 0.2) is 5.69 Å². The van der Waals surface area contributed by atoms with Crippen molar-refractivity contribution in [2.24, 2.45) is 5.92 Å². The van der Waals surface area contributed by atoms with Crippen LogP contribution in [-0.2, 0) is 17.5 Å². The Morgan fingerprint density at radius 2 is 1.78 bits per heavy atom. The topological polar surface area (TPSA) is 126 Å². The van der Waals surface area contributed by atoms with E-state index in [9.17, 15) is 32.7 Å². The van der Waals surface area contributed by atoms with E-state index in [1.165, 1.54) is 35.4 Å². The van der Waals surface area contributed by atoms with Gasteiger partial charge in [-0.25, -0.2) is 9.78 Å². The summed E-state index contributed by atoms with van der Waals surface area (Å²) in [4.78, 5) is 47.0. The van der Waals surface area contributed by atoms with Crippen LogP contribution in [0.15, 0.2) is 71.3 Å². The number of oxazole rings is 1. The second-order valence-electron chi connectivity index (χ2n) is 9.78. The number of nitrogens with one attached hydrogen (secondary N) is 1. The summed E-state index contributed by atoms with van der Waals surface area (Å²) in [7, 11) is 0. The van der Waals surface area contributed by atoms with Gasteiger partial charge in [-0.15, -0.1) is 0 Å². The van der Waals surface area contributed by atoms with Crippen molar-refractivity contribution in [3.63, 3.8) is 0 Å². The minimum Gasteiger partial charge on any atom is -0.480 e. The van der Waals surface area contributed by atoms with E-state index in [1.807, 2.05) is 0 Å². The fourth-order valence-electron chi connectivity index (χ4n) is 4.69. The van der Waals surface area contributed by atoms with Crippen molar-refractivity contribution in [1.29, 1.82) is 0 Å². The third-order valence-electron chi connectivity index (χ3n) is 6.60. The number of hydrogen-bond donors (Lipinski definition) is 2. The van der Waals surface area contributed by atoms with E-state index in [-0.39, 0.29) is 29.6 Å². The second kappa shape index (κ2) is 10.5. The number of carbonyl (C=O) groups is 3. The SMILES string of the molecule is CC(C)C(C(=O)O)N1Cc2ccc(-c3ccc(NC(=O)c4nc(-c5ccccc5)oc4C(F)(F)F)cn3)cc2C1=O. The highest BCUT2D eigenvalue weighted by molar-refractivity contribution is 6.04. The number of benzene rings is 2. The molecule has 2 aromatic heterocycles. The Bertz CT molecular complexity index is 1630. The summed E-state index contributed by atoms with van der Waals surface area (Å²) in [6, 6.07) is 15.0. The smallest absolute Gasteiger partial charge is 0.452 e. The fourth-order valence-corrected chi connectivity index (χ4v) is 4.69. The maximum absolute atomic E-state index is 13.6. The average Bonchev–Trinajstić information content (AvgIpc) is 3.52. The van der Waals surface area contributed by atoms with Gasteiger partial charge in [-0.2, -0.15) is 13.2 Å². The molecule has 2 aromatic carbocycles. The molecule has 1 aliphatic heterocycles. The number of hydrogen-bond acceptors (Lipinski definition) is 6. The zero-order valence-electron chi connectivity index (χ0n) is 21.8. The molecule has 1 aliphatic rings. The van der Waals surface area contributed by atoms with Gasteiger partial charge in [0.25, 0.3) is 11.8 Å². The van der Waals surface area contributed by atoms with Crippen molar-refractivity contribution in [2.45, 2.75) is 32.6 Å². The summed E-state index contributed by atoms with van der Waals surface area (Å²) < 4.78 is 45.7. The molecule has 1 atom stereocenters. The predicted molar refractivity (Wildman–Crippen MR) is 141 cm³/mol. The highest BCUT2D eigenvalue weighted by Crippen LogP contribution is 2.36. The molecule has 0 radical (unpaired) electrons. The van der Waals surface area contributed by atoms with Crippen LogP contribution >= 0.6 is 0 Å². The number of pyridine rings is 1. The monoisotopic (exact) mass is 564 g/mol. The van der Waals surface area contributed by atoms with Crippen molar-refractivity contribution in [3.8, 4) is 22.7 Å². The van der Waals surface area contributed by atoms with Gasteiger partial charge >= 0.3 is 12.1 Å². The minimum absolute atomic E-state index is 0.112. The molecule has 9 nitrogen and oxygen atoms in total. The van der Waals surface area contributed by atoms with Crippen molar-refractivity contribution < 1.29 is 37.1 Å². The Balaban J connectivity index is 1.35. The Labute approximate surface area is 231 Å². The van der Waals surface area contributed by atoms with Gasteiger partial charge in [0.2, 0.25) is 11.7 Å². The zero-order valence-corrected chi connectivity index (χ0v) is 21.8. The summed E-state index contributed by atoms with van der Waals surface area (Å²) in [6.45, 7) is 3.65. The lowest BCUT2D eigenvalue weighted by atomic mass is 10.0. The number of anilines is 1. The van der Waals surface area contributed by atoms with Crippen molar-refractivity contribution >= 4 is 23.5 Å². The first-order valence-electron chi connectivity index (χ1n) is 12.5. The lowest BCUT2D eigenvalue weighted by Crippen LogP contribution is -2.44. The molecule has 2 amide bonds. The second-order valence-corrected chi connectivity index (χ2v) is 9.78. The number of carbonyl (C=O) groups excluding carboxylic acids is 2. The summed E-state index contributed by atoms with van der Waals surface area (Å²) in [5.74, 6) is -4.75. The first-order valence-corrected chi connectivity index (χ1v) is 12.5. The molecule has 12 heteroatoms. The number of aromatic nitrogens is 2. The third kappa shape index (κ3) is 5.40. The van der Waals surface area contributed by atoms with Gasteiger partial charge in [0.1, 0.15) is 6.04 Å². The number of nitrogens with zero attached hydrogens (tertiary/aromatic N) is 3. The molecular formula is C29H23F3N4O5. The van der Waals surface area contributed by atoms with Crippen LogP contribution in [0.2, 0.25) is 0 Å². The van der Waals surface area contributed by atoms with Crippen LogP contribution in [0.5, 0.6) is 0 Å². The normalized spacial score (nSPS) is 13.8. The largest absolute Gasteiger partial charge is 0.480 e. The Morgan fingerprint density at radius 1 is 1.05 bits per heavy atom. The number of fused-ring (bicyclic) bond motifs is 1. The lowest BCUT2D eigenvalue weighted by molar-refractivity contribution is -0.153. The Morgan fingerprint density at radius 3 is 2.39 bits per heavy atom. The maximum atomic E-state index is 13.6. The van der Waals surface area contributed by atoms with Gasteiger partial charge in [0, 0.05) is 23.2 Å². The number of rotatable bonds is 7. The van der Waals surface area contributed by atoms with Gasteiger partial charge in [-0.05, 0) is 41.8 Å². The highest BCUT2D eigenvalue weighted by atomic mass is 19.4. The van der Waals surface area contributed by atoms with Crippen molar-refractivity contribution in [3.05, 3.63) is 89.4 Å². The number of aliphatic carboxylic acids is 1. The van der Waals surface area contributed by atoms with E-state index >= 15 is 0 Å². The molecular weight excluding hydrogens is 541 g/mol. The van der Waals surface area contributed by atoms with Crippen LogP contribution in [0.25, 0.3) is 22.7 Å². The Hall–Kier alpha value is -5.00. The minimum atomic E-state index is -4.95. The van der Waals surface area contributed by atoms with E-state index < -0.39 is 41.5 Å². The molecule has 0 aliphatic carbocycles. The van der Waals surface area contributed by atoms with Gasteiger partial charge < -0.3 is 19.7 Å². The summed E-state index contributed by atoms with van der Waals surface area (Å²) >= 11 is 0. The first-order chi connectivity index (χ1) is 19.4. The molecule has 0 spiro atoms. The van der Waals surface area contributed by atoms with E-state index in [2.05, 4.69) is 15.3 Å². The van der Waals surface area contributed by atoms with Crippen LogP contribution in [-0.4, -0.2) is 43.8 Å². The fraction of sp³-hybridized carbons (Fsp3) is 0.207. The van der Waals surface area contributed by atoms with Crippen LogP contribution in [0.1, 0.15) is 46.0 Å². The molecule has 210 valence electrons. The molecule has 2 N–H and O–H groups in total. The molecule has 1 unspecified atom stereocenters. The maximum Gasteiger partial charge on any atom is 0.452 e. The summed E-state index contributed by atoms with van der Waals surface area (Å²) in [6.07, 6.45) is -3.69. The zero-order chi connectivity index (χ0) is 29.5.